The molecule has 1 aliphatic heterocycles. The number of hydrogen-bond donors (Lipinski definition) is 0. The molecule has 2 rings (SSSR count). The standard InChI is InChI=1S/C9H9NO/c1-2-7-6-10-5-3-4-8(10)9(7)11/h2-5H,6H2,1H3/b7-2+. The summed E-state index contributed by atoms with van der Waals surface area (Å²) >= 11 is 0. The lowest BCUT2D eigenvalue weighted by Crippen LogP contribution is -1.93. The molecule has 0 N–H and O–H groups in total. The van der Waals surface area contributed by atoms with Crippen molar-refractivity contribution in [3.05, 3.63) is 35.7 Å². The van der Waals surface area contributed by atoms with E-state index in [1.165, 1.54) is 0 Å². The zero-order chi connectivity index (χ0) is 7.84. The molecule has 1 aromatic heterocycles. The highest BCUT2D eigenvalue weighted by Crippen LogP contribution is 2.19. The summed E-state index contributed by atoms with van der Waals surface area (Å²) in [5.74, 6) is 0.178. The quantitative estimate of drug-likeness (QED) is 0.511. The Bertz CT molecular complexity index is 333. The molecular weight excluding hydrogens is 138 g/mol. The van der Waals surface area contributed by atoms with Gasteiger partial charge in [0.2, 0.25) is 5.78 Å². The van der Waals surface area contributed by atoms with Gasteiger partial charge in [-0.2, -0.15) is 0 Å². The molecule has 0 fully saturated rings. The van der Waals surface area contributed by atoms with Crippen molar-refractivity contribution < 1.29 is 4.79 Å². The van der Waals surface area contributed by atoms with E-state index in [9.17, 15) is 4.79 Å². The van der Waals surface area contributed by atoms with Crippen LogP contribution in [0, 0.1) is 0 Å². The van der Waals surface area contributed by atoms with Crippen molar-refractivity contribution in [1.29, 1.82) is 0 Å². The summed E-state index contributed by atoms with van der Waals surface area (Å²) in [6.45, 7) is 2.65. The minimum Gasteiger partial charge on any atom is -0.340 e. The normalized spacial score (nSPS) is 19.4. The second-order valence-electron chi connectivity index (χ2n) is 2.66. The number of aromatic nitrogens is 1. The minimum atomic E-state index is 0.178. The van der Waals surface area contributed by atoms with E-state index < -0.39 is 0 Å². The Morgan fingerprint density at radius 2 is 2.45 bits per heavy atom. The maximum atomic E-state index is 11.4. The highest BCUT2D eigenvalue weighted by atomic mass is 16.1. The second-order valence-corrected chi connectivity index (χ2v) is 2.66. The molecule has 1 aromatic rings. The zero-order valence-electron chi connectivity index (χ0n) is 6.37. The number of nitrogens with zero attached hydrogens (tertiary/aromatic N) is 1. The first-order valence-corrected chi connectivity index (χ1v) is 3.68. The van der Waals surface area contributed by atoms with Gasteiger partial charge in [0, 0.05) is 11.8 Å². The molecule has 0 amide bonds. The van der Waals surface area contributed by atoms with Gasteiger partial charge in [0.1, 0.15) is 0 Å². The molecule has 0 aliphatic carbocycles. The van der Waals surface area contributed by atoms with Crippen LogP contribution in [-0.4, -0.2) is 10.4 Å². The minimum absolute atomic E-state index is 0.178. The largest absolute Gasteiger partial charge is 0.340 e. The highest BCUT2D eigenvalue weighted by Gasteiger charge is 2.22. The number of fused-ring (bicyclic) bond motifs is 1. The Labute approximate surface area is 65.1 Å². The number of allylic oxidation sites excluding steroid dienone is 2. The molecule has 0 saturated carbocycles. The van der Waals surface area contributed by atoms with Crippen molar-refractivity contribution >= 4 is 5.78 Å². The molecule has 0 unspecified atom stereocenters. The molecule has 0 aromatic carbocycles. The van der Waals surface area contributed by atoms with Crippen LogP contribution >= 0.6 is 0 Å². The van der Waals surface area contributed by atoms with Gasteiger partial charge in [-0.15, -0.1) is 0 Å². The van der Waals surface area contributed by atoms with Crippen molar-refractivity contribution in [2.75, 3.05) is 0 Å². The summed E-state index contributed by atoms with van der Waals surface area (Å²) < 4.78 is 1.97. The molecule has 0 saturated heterocycles. The van der Waals surface area contributed by atoms with E-state index >= 15 is 0 Å². The molecule has 2 heterocycles. The van der Waals surface area contributed by atoms with Gasteiger partial charge >= 0.3 is 0 Å². The number of hydrogen-bond acceptors (Lipinski definition) is 1. The van der Waals surface area contributed by atoms with E-state index in [-0.39, 0.29) is 5.78 Å². The first-order chi connectivity index (χ1) is 5.33. The maximum absolute atomic E-state index is 11.4. The smallest absolute Gasteiger partial charge is 0.206 e. The van der Waals surface area contributed by atoms with Gasteiger partial charge in [0.15, 0.2) is 0 Å². The molecular formula is C9H9NO. The van der Waals surface area contributed by atoms with Crippen LogP contribution in [0.2, 0.25) is 0 Å². The van der Waals surface area contributed by atoms with E-state index in [4.69, 9.17) is 0 Å². The number of Topliss-reactive ketones (excluding diaryl/α,β-unsaturated/α-hetero) is 1. The third kappa shape index (κ3) is 0.755. The van der Waals surface area contributed by atoms with E-state index in [2.05, 4.69) is 0 Å². The van der Waals surface area contributed by atoms with Crippen LogP contribution in [0.1, 0.15) is 17.4 Å². The number of carbonyl (C=O) groups excluding carboxylic acids is 1. The fourth-order valence-corrected chi connectivity index (χ4v) is 1.40. The van der Waals surface area contributed by atoms with E-state index in [1.54, 1.807) is 0 Å². The van der Waals surface area contributed by atoms with Gasteiger partial charge in [0.05, 0.1) is 12.2 Å². The van der Waals surface area contributed by atoms with Gasteiger partial charge in [-0.05, 0) is 19.1 Å². The number of carbonyl (C=O) groups is 1. The predicted molar refractivity (Wildman–Crippen MR) is 42.5 cm³/mol. The highest BCUT2D eigenvalue weighted by molar-refractivity contribution is 6.09. The monoisotopic (exact) mass is 147 g/mol. The van der Waals surface area contributed by atoms with Crippen LogP contribution in [0.3, 0.4) is 0 Å². The zero-order valence-corrected chi connectivity index (χ0v) is 6.37. The molecule has 0 bridgehead atoms. The van der Waals surface area contributed by atoms with Gasteiger partial charge in [-0.1, -0.05) is 6.08 Å². The number of ketones is 1. The van der Waals surface area contributed by atoms with Crippen LogP contribution in [0.15, 0.2) is 30.0 Å². The van der Waals surface area contributed by atoms with Crippen LogP contribution in [0.25, 0.3) is 0 Å². The Morgan fingerprint density at radius 3 is 3.09 bits per heavy atom. The first-order valence-electron chi connectivity index (χ1n) is 3.68. The lowest BCUT2D eigenvalue weighted by molar-refractivity contribution is 0.103. The Kier molecular flexibility index (Phi) is 1.22. The van der Waals surface area contributed by atoms with Crippen molar-refractivity contribution in [2.24, 2.45) is 0 Å². The Morgan fingerprint density at radius 1 is 1.64 bits per heavy atom. The fraction of sp³-hybridized carbons (Fsp3) is 0.222. The van der Waals surface area contributed by atoms with Crippen LogP contribution in [0.4, 0.5) is 0 Å². The topological polar surface area (TPSA) is 22.0 Å². The Hall–Kier alpha value is -1.31. The molecule has 1 aliphatic rings. The third-order valence-corrected chi connectivity index (χ3v) is 2.04. The third-order valence-electron chi connectivity index (χ3n) is 2.04. The van der Waals surface area contributed by atoms with Crippen molar-refractivity contribution in [2.45, 2.75) is 13.5 Å². The van der Waals surface area contributed by atoms with Gasteiger partial charge in [-0.3, -0.25) is 4.79 Å². The SMILES string of the molecule is C/C=C1\Cn2cccc2C1=O. The molecule has 11 heavy (non-hydrogen) atoms. The summed E-state index contributed by atoms with van der Waals surface area (Å²) in [6, 6.07) is 3.76. The van der Waals surface area contributed by atoms with E-state index in [0.29, 0.717) is 0 Å². The summed E-state index contributed by atoms with van der Waals surface area (Å²) in [4.78, 5) is 11.4. The van der Waals surface area contributed by atoms with Crippen molar-refractivity contribution in [1.82, 2.24) is 4.57 Å². The first kappa shape index (κ1) is 6.40. The molecule has 2 nitrogen and oxygen atoms in total. The van der Waals surface area contributed by atoms with E-state index in [0.717, 1.165) is 17.8 Å². The summed E-state index contributed by atoms with van der Waals surface area (Å²) in [7, 11) is 0. The van der Waals surface area contributed by atoms with Crippen LogP contribution < -0.4 is 0 Å². The van der Waals surface area contributed by atoms with Gasteiger partial charge in [0.25, 0.3) is 0 Å². The molecule has 2 heteroatoms. The molecule has 0 atom stereocenters. The average Bonchev–Trinajstić information content (AvgIpc) is 2.53. The molecule has 0 radical (unpaired) electrons. The summed E-state index contributed by atoms with van der Waals surface area (Å²) in [5.41, 5.74) is 1.72. The lowest BCUT2D eigenvalue weighted by Gasteiger charge is -1.90. The predicted octanol–water partition coefficient (Wildman–Crippen LogP) is 1.63. The Balaban J connectivity index is 2.53. The number of rotatable bonds is 0. The lowest BCUT2D eigenvalue weighted by atomic mass is 10.2. The van der Waals surface area contributed by atoms with E-state index in [1.807, 2.05) is 35.9 Å². The summed E-state index contributed by atoms with van der Waals surface area (Å²) in [6.07, 6.45) is 3.82. The average molecular weight is 147 g/mol. The molecule has 0 spiro atoms. The maximum Gasteiger partial charge on any atom is 0.206 e. The second kappa shape index (κ2) is 2.09. The van der Waals surface area contributed by atoms with Crippen LogP contribution in [0.5, 0.6) is 0 Å². The fourth-order valence-electron chi connectivity index (χ4n) is 1.40. The van der Waals surface area contributed by atoms with Gasteiger partial charge in [-0.25, -0.2) is 0 Å². The van der Waals surface area contributed by atoms with Crippen LogP contribution in [-0.2, 0) is 6.54 Å². The van der Waals surface area contributed by atoms with Gasteiger partial charge < -0.3 is 4.57 Å². The molecule has 56 valence electrons. The van der Waals surface area contributed by atoms with Crippen molar-refractivity contribution in [3.63, 3.8) is 0 Å². The van der Waals surface area contributed by atoms with Crippen molar-refractivity contribution in [3.8, 4) is 0 Å². The summed E-state index contributed by atoms with van der Waals surface area (Å²) in [5, 5.41) is 0.